The summed E-state index contributed by atoms with van der Waals surface area (Å²) in [6.07, 6.45) is 57.3. The molecule has 0 saturated heterocycles. The molecule has 17 nitrogen and oxygen atoms in total. The van der Waals surface area contributed by atoms with Crippen LogP contribution in [0.5, 0.6) is 0 Å². The summed E-state index contributed by atoms with van der Waals surface area (Å²) in [6, 6.07) is 0. The highest BCUT2D eigenvalue weighted by Gasteiger charge is 2.30. The van der Waals surface area contributed by atoms with Gasteiger partial charge in [-0.15, -0.1) is 0 Å². The zero-order chi connectivity index (χ0) is 73.8. The molecular weight excluding hydrogens is 1310 g/mol. The van der Waals surface area contributed by atoms with Gasteiger partial charge in [-0.1, -0.05) is 364 Å². The Labute approximate surface area is 613 Å². The zero-order valence-electron chi connectivity index (χ0n) is 65.8. The van der Waals surface area contributed by atoms with E-state index >= 15 is 0 Å². The first-order valence-corrected chi connectivity index (χ1v) is 44.7. The lowest BCUT2D eigenvalue weighted by Gasteiger charge is -2.21. The molecule has 0 aliphatic carbocycles. The molecule has 6 atom stereocenters. The number of unbranched alkanes of at least 4 members (excludes halogenated alkanes) is 43. The van der Waals surface area contributed by atoms with Crippen molar-refractivity contribution in [1.29, 1.82) is 0 Å². The maximum atomic E-state index is 13.1. The topological polar surface area (TPSA) is 237 Å². The molecule has 0 amide bonds. The van der Waals surface area contributed by atoms with Gasteiger partial charge < -0.3 is 33.8 Å². The van der Waals surface area contributed by atoms with Crippen LogP contribution in [-0.2, 0) is 65.4 Å². The number of hydrogen-bond donors (Lipinski definition) is 3. The fourth-order valence-electron chi connectivity index (χ4n) is 12.4. The molecule has 0 spiro atoms. The predicted octanol–water partition coefficient (Wildman–Crippen LogP) is 24.0. The molecule has 0 aliphatic heterocycles. The van der Waals surface area contributed by atoms with Crippen LogP contribution in [0.4, 0.5) is 0 Å². The molecule has 0 aromatic carbocycles. The van der Waals surface area contributed by atoms with Gasteiger partial charge >= 0.3 is 39.5 Å². The van der Waals surface area contributed by atoms with Gasteiger partial charge in [0.1, 0.15) is 19.3 Å². The monoisotopic (exact) mass is 1470 g/mol. The van der Waals surface area contributed by atoms with Crippen LogP contribution in [0.15, 0.2) is 0 Å². The molecule has 0 radical (unpaired) electrons. The summed E-state index contributed by atoms with van der Waals surface area (Å²) in [5, 5.41) is 10.6. The number of esters is 4. The molecule has 19 heteroatoms. The lowest BCUT2D eigenvalue weighted by atomic mass is 9.99. The number of hydrogen-bond acceptors (Lipinski definition) is 15. The SMILES string of the molecule is CCC(C)CCCCCCCCCCCCCCCCCCCCC(=O)O[C@H](COC(=O)CCCCCCCCC(C)C)COP(=O)(O)OC[C@H](O)COP(=O)(O)OC[C@@H](COC(=O)CCCCCCCCCCCCCCCCCCC(C)C)OC(=O)CCCCCCCCCC(C)C. The zero-order valence-corrected chi connectivity index (χ0v) is 67.6. The lowest BCUT2D eigenvalue weighted by molar-refractivity contribution is -0.161. The van der Waals surface area contributed by atoms with Crippen LogP contribution < -0.4 is 0 Å². The molecule has 3 unspecified atom stereocenters. The van der Waals surface area contributed by atoms with Crippen LogP contribution >= 0.6 is 15.6 Å². The molecule has 0 fully saturated rings. The highest BCUT2D eigenvalue weighted by Crippen LogP contribution is 2.45. The van der Waals surface area contributed by atoms with Gasteiger partial charge in [-0.25, -0.2) is 9.13 Å². The van der Waals surface area contributed by atoms with E-state index in [4.69, 9.17) is 37.0 Å². The summed E-state index contributed by atoms with van der Waals surface area (Å²) in [5.41, 5.74) is 0. The van der Waals surface area contributed by atoms with Crippen molar-refractivity contribution in [3.05, 3.63) is 0 Å². The van der Waals surface area contributed by atoms with E-state index in [9.17, 15) is 43.2 Å². The molecule has 594 valence electrons. The van der Waals surface area contributed by atoms with Crippen molar-refractivity contribution >= 4 is 39.5 Å². The van der Waals surface area contributed by atoms with Gasteiger partial charge in [0.25, 0.3) is 0 Å². The largest absolute Gasteiger partial charge is 0.472 e. The molecular formula is C81H158O17P2. The highest BCUT2D eigenvalue weighted by molar-refractivity contribution is 7.47. The van der Waals surface area contributed by atoms with Gasteiger partial charge in [0.15, 0.2) is 12.2 Å². The first-order valence-electron chi connectivity index (χ1n) is 41.7. The number of phosphoric acid groups is 2. The average molecular weight is 1470 g/mol. The summed E-state index contributed by atoms with van der Waals surface area (Å²) in [6.45, 7) is 14.2. The van der Waals surface area contributed by atoms with Crippen molar-refractivity contribution in [2.75, 3.05) is 39.6 Å². The van der Waals surface area contributed by atoms with E-state index in [1.54, 1.807) is 0 Å². The number of phosphoric ester groups is 2. The van der Waals surface area contributed by atoms with Crippen molar-refractivity contribution in [3.8, 4) is 0 Å². The predicted molar refractivity (Wildman–Crippen MR) is 409 cm³/mol. The van der Waals surface area contributed by atoms with E-state index in [0.717, 1.165) is 108 Å². The number of aliphatic hydroxyl groups is 1. The van der Waals surface area contributed by atoms with Crippen molar-refractivity contribution < 1.29 is 80.2 Å². The molecule has 0 heterocycles. The smallest absolute Gasteiger partial charge is 0.462 e. The summed E-state index contributed by atoms with van der Waals surface area (Å²) in [4.78, 5) is 72.9. The maximum absolute atomic E-state index is 13.1. The Morgan fingerprint density at radius 3 is 0.710 bits per heavy atom. The van der Waals surface area contributed by atoms with Crippen molar-refractivity contribution in [2.45, 2.75) is 433 Å². The minimum absolute atomic E-state index is 0.104. The number of rotatable bonds is 78. The third-order valence-corrected chi connectivity index (χ3v) is 21.1. The molecule has 0 rings (SSSR count). The van der Waals surface area contributed by atoms with E-state index in [-0.39, 0.29) is 25.7 Å². The van der Waals surface area contributed by atoms with Crippen LogP contribution in [-0.4, -0.2) is 96.7 Å². The van der Waals surface area contributed by atoms with E-state index in [1.165, 1.54) is 212 Å². The summed E-state index contributed by atoms with van der Waals surface area (Å²) in [5.74, 6) is 0.938. The van der Waals surface area contributed by atoms with Crippen molar-refractivity contribution in [3.63, 3.8) is 0 Å². The third kappa shape index (κ3) is 73.0. The van der Waals surface area contributed by atoms with Gasteiger partial charge in [-0.05, 0) is 49.4 Å². The van der Waals surface area contributed by atoms with Gasteiger partial charge in [-0.3, -0.25) is 37.3 Å². The van der Waals surface area contributed by atoms with E-state index < -0.39 is 97.5 Å². The van der Waals surface area contributed by atoms with E-state index in [2.05, 4.69) is 55.4 Å². The minimum atomic E-state index is -4.96. The molecule has 3 N–H and O–H groups in total. The van der Waals surface area contributed by atoms with Crippen molar-refractivity contribution in [1.82, 2.24) is 0 Å². The standard InChI is InChI=1S/C81H158O17P2/c1-9-74(8)60-52-44-35-29-25-21-17-12-10-11-13-19-23-27-31-37-47-55-63-80(85)97-77(68-92-79(84)62-54-46-40-39-43-51-59-73(6)7)70-96-100(89,90)94-66-75(82)65-93-99(87,88)95-69-76(98-81(86)64-56-48-38-32-34-42-50-58-72(4)5)67-91-78(83)61-53-45-36-30-26-22-18-15-14-16-20-24-28-33-41-49-57-71(2)3/h71-77,82H,9-70H2,1-8H3,(H,87,88)(H,89,90)/t74?,75-,76-,77-/m1/s1. The van der Waals surface area contributed by atoms with Gasteiger partial charge in [0.05, 0.1) is 26.4 Å². The Balaban J connectivity index is 5.10. The van der Waals surface area contributed by atoms with Crippen LogP contribution in [0.1, 0.15) is 415 Å². The van der Waals surface area contributed by atoms with Crippen LogP contribution in [0.2, 0.25) is 0 Å². The second-order valence-electron chi connectivity index (χ2n) is 30.8. The summed E-state index contributed by atoms with van der Waals surface area (Å²) >= 11 is 0. The summed E-state index contributed by atoms with van der Waals surface area (Å²) in [7, 11) is -9.92. The Bertz CT molecular complexity index is 1960. The average Bonchev–Trinajstić information content (AvgIpc) is 0.924. The fourth-order valence-corrected chi connectivity index (χ4v) is 14.0. The quantitative estimate of drug-likeness (QED) is 0.0222. The first kappa shape index (κ1) is 98.1. The number of ether oxygens (including phenoxy) is 4. The highest BCUT2D eigenvalue weighted by atomic mass is 31.2. The molecule has 0 bridgehead atoms. The number of carbonyl (C=O) groups excluding carboxylic acids is 4. The van der Waals surface area contributed by atoms with Crippen molar-refractivity contribution in [2.24, 2.45) is 23.7 Å². The second-order valence-corrected chi connectivity index (χ2v) is 33.7. The number of carbonyl (C=O) groups is 4. The van der Waals surface area contributed by atoms with Gasteiger partial charge in [0, 0.05) is 25.7 Å². The minimum Gasteiger partial charge on any atom is -0.462 e. The normalized spacial score (nSPS) is 14.3. The molecule has 100 heavy (non-hydrogen) atoms. The van der Waals surface area contributed by atoms with Crippen LogP contribution in [0, 0.1) is 23.7 Å². The Kier molecular flexibility index (Phi) is 68.7. The van der Waals surface area contributed by atoms with Crippen LogP contribution in [0.3, 0.4) is 0 Å². The second kappa shape index (κ2) is 70.1. The molecule has 0 aliphatic rings. The van der Waals surface area contributed by atoms with E-state index in [1.807, 2.05) is 0 Å². The lowest BCUT2D eigenvalue weighted by Crippen LogP contribution is -2.30. The van der Waals surface area contributed by atoms with Crippen LogP contribution in [0.25, 0.3) is 0 Å². The van der Waals surface area contributed by atoms with E-state index in [0.29, 0.717) is 37.5 Å². The fraction of sp³-hybridized carbons (Fsp3) is 0.951. The third-order valence-electron chi connectivity index (χ3n) is 19.2. The van der Waals surface area contributed by atoms with Gasteiger partial charge in [-0.2, -0.15) is 0 Å². The Morgan fingerprint density at radius 2 is 0.480 bits per heavy atom. The maximum Gasteiger partial charge on any atom is 0.472 e. The van der Waals surface area contributed by atoms with Gasteiger partial charge in [0.2, 0.25) is 0 Å². The summed E-state index contributed by atoms with van der Waals surface area (Å²) < 4.78 is 68.6. The molecule has 0 aromatic heterocycles. The number of aliphatic hydroxyl groups excluding tert-OH is 1. The Morgan fingerprint density at radius 1 is 0.280 bits per heavy atom. The molecule has 0 saturated carbocycles. The first-order chi connectivity index (χ1) is 48.1. The Hall–Kier alpha value is -1.94. The molecule has 0 aromatic rings.